The Hall–Kier alpha value is -2.97. The van der Waals surface area contributed by atoms with E-state index in [0.717, 1.165) is 50.0 Å². The first kappa shape index (κ1) is 31.5. The number of nitrogens with one attached hydrogen (secondary N) is 1. The van der Waals surface area contributed by atoms with E-state index in [1.165, 1.54) is 0 Å². The highest BCUT2D eigenvalue weighted by molar-refractivity contribution is 5.91. The number of piperidine rings is 1. The van der Waals surface area contributed by atoms with Gasteiger partial charge in [-0.3, -0.25) is 9.59 Å². The quantitative estimate of drug-likeness (QED) is 0.460. The van der Waals surface area contributed by atoms with Crippen LogP contribution in [-0.2, 0) is 9.59 Å². The second kappa shape index (κ2) is 13.3. The van der Waals surface area contributed by atoms with E-state index in [0.29, 0.717) is 25.0 Å². The summed E-state index contributed by atoms with van der Waals surface area (Å²) in [4.78, 5) is 41.4. The van der Waals surface area contributed by atoms with Crippen LogP contribution in [0.1, 0.15) is 64.5 Å². The second-order valence-electron chi connectivity index (χ2n) is 14.1. The van der Waals surface area contributed by atoms with Crippen LogP contribution in [0.15, 0.2) is 53.3 Å². The molecule has 4 aliphatic rings. The fourth-order valence-electron chi connectivity index (χ4n) is 6.81. The summed E-state index contributed by atoms with van der Waals surface area (Å²) in [6, 6.07) is 9.04. The van der Waals surface area contributed by atoms with Crippen molar-refractivity contribution in [1.29, 1.82) is 0 Å². The summed E-state index contributed by atoms with van der Waals surface area (Å²) >= 11 is 0. The molecule has 43 heavy (non-hydrogen) atoms. The summed E-state index contributed by atoms with van der Waals surface area (Å²) < 4.78 is 0. The van der Waals surface area contributed by atoms with Crippen LogP contribution in [0.3, 0.4) is 0 Å². The summed E-state index contributed by atoms with van der Waals surface area (Å²) in [5, 5.41) is 14.1. The highest BCUT2D eigenvalue weighted by Gasteiger charge is 2.46. The summed E-state index contributed by atoms with van der Waals surface area (Å²) in [6.45, 7) is 9.64. The Kier molecular flexibility index (Phi) is 9.76. The number of benzene rings is 1. The maximum atomic E-state index is 14.4. The van der Waals surface area contributed by atoms with Crippen molar-refractivity contribution in [2.45, 2.75) is 83.1 Å². The van der Waals surface area contributed by atoms with Gasteiger partial charge in [-0.1, -0.05) is 51.1 Å². The highest BCUT2D eigenvalue weighted by atomic mass is 16.3. The number of rotatable bonds is 9. The fraction of sp³-hybridized carbons (Fsp3) is 0.647. The van der Waals surface area contributed by atoms with Gasteiger partial charge in [-0.2, -0.15) is 0 Å². The number of allylic oxidation sites excluding steroid dienone is 1. The number of aliphatic hydroxyl groups is 1. The molecule has 0 spiro atoms. The predicted molar refractivity (Wildman–Crippen MR) is 169 cm³/mol. The zero-order valence-electron chi connectivity index (χ0n) is 26.6. The fourth-order valence-corrected chi connectivity index (χ4v) is 6.81. The van der Waals surface area contributed by atoms with E-state index in [9.17, 15) is 14.7 Å². The average Bonchev–Trinajstić information content (AvgIpc) is 3.77. The molecule has 4 atom stereocenters. The topological polar surface area (TPSA) is 91.7 Å². The molecule has 1 aromatic rings. The Labute approximate surface area is 257 Å². The van der Waals surface area contributed by atoms with Gasteiger partial charge in [0.1, 0.15) is 12.1 Å². The van der Waals surface area contributed by atoms with Gasteiger partial charge in [0.05, 0.1) is 17.8 Å². The smallest absolute Gasteiger partial charge is 0.246 e. The number of aliphatic hydroxyl groups excluding tert-OH is 1. The lowest BCUT2D eigenvalue weighted by atomic mass is 9.84. The Morgan fingerprint density at radius 1 is 1.14 bits per heavy atom. The molecule has 2 amide bonds. The van der Waals surface area contributed by atoms with E-state index in [-0.39, 0.29) is 30.8 Å². The third-order valence-electron chi connectivity index (χ3n) is 9.43. The molecule has 3 fully saturated rings. The Morgan fingerprint density at radius 2 is 1.84 bits per heavy atom. The molecule has 2 N–H and O–H groups in total. The van der Waals surface area contributed by atoms with Crippen LogP contribution in [0.5, 0.6) is 0 Å². The number of carbonyl (C=O) groups is 2. The molecule has 9 heteroatoms. The SMILES string of the molecule is CN1CCC(N(C)CC(NC(=O)C2CC(O)CN2C(=O)C(N2C=C(C3CC3)N=C=CC2)C(C)(C)C)c2ccccc2)CC1. The third-order valence-corrected chi connectivity index (χ3v) is 9.43. The van der Waals surface area contributed by atoms with Gasteiger partial charge < -0.3 is 30.0 Å². The van der Waals surface area contributed by atoms with Crippen molar-refractivity contribution in [2.24, 2.45) is 16.3 Å². The van der Waals surface area contributed by atoms with Crippen molar-refractivity contribution in [3.63, 3.8) is 0 Å². The minimum absolute atomic E-state index is 0.134. The molecule has 1 aliphatic carbocycles. The number of hydrogen-bond donors (Lipinski definition) is 2. The second-order valence-corrected chi connectivity index (χ2v) is 14.1. The Balaban J connectivity index is 1.35. The minimum atomic E-state index is -0.748. The van der Waals surface area contributed by atoms with Gasteiger partial charge in [-0.25, -0.2) is 4.99 Å². The van der Waals surface area contributed by atoms with Crippen LogP contribution < -0.4 is 5.32 Å². The van der Waals surface area contributed by atoms with Crippen molar-refractivity contribution in [3.05, 3.63) is 53.9 Å². The maximum absolute atomic E-state index is 14.4. The molecule has 234 valence electrons. The van der Waals surface area contributed by atoms with Crippen LogP contribution in [0.4, 0.5) is 0 Å². The number of hydrogen-bond acceptors (Lipinski definition) is 7. The van der Waals surface area contributed by atoms with E-state index in [2.05, 4.69) is 65.7 Å². The molecule has 5 rings (SSSR count). The van der Waals surface area contributed by atoms with E-state index < -0.39 is 23.6 Å². The largest absolute Gasteiger partial charge is 0.391 e. The zero-order chi connectivity index (χ0) is 30.7. The molecule has 9 nitrogen and oxygen atoms in total. The van der Waals surface area contributed by atoms with Crippen molar-refractivity contribution < 1.29 is 14.7 Å². The zero-order valence-corrected chi connectivity index (χ0v) is 26.6. The van der Waals surface area contributed by atoms with Crippen molar-refractivity contribution in [3.8, 4) is 0 Å². The van der Waals surface area contributed by atoms with Gasteiger partial charge >= 0.3 is 0 Å². The van der Waals surface area contributed by atoms with Crippen molar-refractivity contribution in [2.75, 3.05) is 46.8 Å². The lowest BCUT2D eigenvalue weighted by Crippen LogP contribution is -2.57. The maximum Gasteiger partial charge on any atom is 0.246 e. The van der Waals surface area contributed by atoms with E-state index >= 15 is 0 Å². The lowest BCUT2D eigenvalue weighted by molar-refractivity contribution is -0.145. The van der Waals surface area contributed by atoms with Crippen molar-refractivity contribution >= 4 is 17.7 Å². The Bertz CT molecular complexity index is 1220. The van der Waals surface area contributed by atoms with E-state index in [1.54, 1.807) is 4.90 Å². The Morgan fingerprint density at radius 3 is 2.49 bits per heavy atom. The molecule has 3 heterocycles. The molecular formula is C34H50N6O3. The highest BCUT2D eigenvalue weighted by Crippen LogP contribution is 2.39. The van der Waals surface area contributed by atoms with Crippen LogP contribution in [-0.4, -0.2) is 113 Å². The van der Waals surface area contributed by atoms with Crippen molar-refractivity contribution in [1.82, 2.24) is 24.9 Å². The first-order chi connectivity index (χ1) is 20.5. The normalized spacial score (nSPS) is 25.0. The standard InChI is InChI=1S/C34H50N6O3/c1-34(2,3)31(39-17-9-16-35-28(23-39)25-12-13-25)33(43)40-21-27(41)20-30(40)32(42)36-29(24-10-7-6-8-11-24)22-38(5)26-14-18-37(4)19-15-26/h6-11,23,25-27,29-31,41H,12-15,17-22H2,1-5H3,(H,36,42). The molecule has 1 saturated carbocycles. The number of aliphatic imine (C=N–C) groups is 1. The van der Waals surface area contributed by atoms with Crippen LogP contribution in [0.25, 0.3) is 0 Å². The summed E-state index contributed by atoms with van der Waals surface area (Å²) in [5.74, 6) is 3.11. The number of nitrogens with zero attached hydrogens (tertiary/aromatic N) is 5. The van der Waals surface area contributed by atoms with Gasteiger partial charge in [-0.05, 0) is 75.8 Å². The molecule has 2 saturated heterocycles. The molecule has 0 radical (unpaired) electrons. The average molecular weight is 591 g/mol. The van der Waals surface area contributed by atoms with Gasteiger partial charge in [0, 0.05) is 44.2 Å². The van der Waals surface area contributed by atoms with Crippen LogP contribution in [0.2, 0.25) is 0 Å². The molecule has 0 bridgehead atoms. The van der Waals surface area contributed by atoms with Gasteiger partial charge in [-0.15, -0.1) is 0 Å². The number of carbonyl (C=O) groups excluding carboxylic acids is 2. The third kappa shape index (κ3) is 7.76. The minimum Gasteiger partial charge on any atom is -0.391 e. The molecule has 4 unspecified atom stereocenters. The number of β-amino-alcohol motifs (C(OH)–C–C–N with tert-alkyl or cyclic N) is 1. The van der Waals surface area contributed by atoms with Crippen LogP contribution in [0, 0.1) is 11.3 Å². The first-order valence-corrected chi connectivity index (χ1v) is 16.0. The van der Waals surface area contributed by atoms with Gasteiger partial charge in [0.15, 0.2) is 0 Å². The van der Waals surface area contributed by atoms with Gasteiger partial charge in [0.2, 0.25) is 11.8 Å². The van der Waals surface area contributed by atoms with E-state index in [1.807, 2.05) is 42.6 Å². The lowest BCUT2D eigenvalue weighted by Gasteiger charge is -2.41. The summed E-state index contributed by atoms with van der Waals surface area (Å²) in [5.41, 5.74) is 1.58. The summed E-state index contributed by atoms with van der Waals surface area (Å²) in [6.07, 6.45) is 7.78. The molecule has 0 aromatic heterocycles. The molecule has 1 aromatic carbocycles. The monoisotopic (exact) mass is 590 g/mol. The van der Waals surface area contributed by atoms with Gasteiger partial charge in [0.25, 0.3) is 0 Å². The predicted octanol–water partition coefficient (Wildman–Crippen LogP) is 3.04. The van der Waals surface area contributed by atoms with E-state index in [4.69, 9.17) is 0 Å². The molecule has 3 aliphatic heterocycles. The number of amides is 2. The number of likely N-dealkylation sites (N-methyl/N-ethyl adjacent to an activating group) is 1. The summed E-state index contributed by atoms with van der Waals surface area (Å²) in [7, 11) is 4.31. The first-order valence-electron chi connectivity index (χ1n) is 16.0. The molecular weight excluding hydrogens is 540 g/mol. The number of likely N-dealkylation sites (tertiary alicyclic amines) is 2. The van der Waals surface area contributed by atoms with Crippen LogP contribution >= 0.6 is 0 Å².